The van der Waals surface area contributed by atoms with Gasteiger partial charge in [0.15, 0.2) is 0 Å². The van der Waals surface area contributed by atoms with E-state index < -0.39 is 11.2 Å². The summed E-state index contributed by atoms with van der Waals surface area (Å²) in [5.41, 5.74) is 0.0971. The van der Waals surface area contributed by atoms with Crippen LogP contribution in [-0.2, 0) is 19.9 Å². The zero-order chi connectivity index (χ0) is 18.8. The van der Waals surface area contributed by atoms with E-state index in [1.54, 1.807) is 12.4 Å². The van der Waals surface area contributed by atoms with Gasteiger partial charge in [0.25, 0.3) is 0 Å². The number of ether oxygens (including phenoxy) is 2. The second-order valence-corrected chi connectivity index (χ2v) is 9.45. The lowest BCUT2D eigenvalue weighted by molar-refractivity contribution is -0.167. The Morgan fingerprint density at radius 3 is 2.69 bits per heavy atom. The third-order valence-corrected chi connectivity index (χ3v) is 5.97. The molecule has 1 saturated carbocycles. The van der Waals surface area contributed by atoms with Crippen LogP contribution in [0, 0.1) is 0 Å². The summed E-state index contributed by atoms with van der Waals surface area (Å²) in [6, 6.07) is 1.99. The quantitative estimate of drug-likeness (QED) is 0.737. The molecule has 0 amide bonds. The van der Waals surface area contributed by atoms with Crippen molar-refractivity contribution in [2.45, 2.75) is 76.0 Å². The molecule has 3 rings (SSSR count). The first-order chi connectivity index (χ1) is 12.2. The summed E-state index contributed by atoms with van der Waals surface area (Å²) in [7, 11) is 0. The van der Waals surface area contributed by atoms with E-state index in [1.807, 2.05) is 26.8 Å². The van der Waals surface area contributed by atoms with Gasteiger partial charge in [0.05, 0.1) is 0 Å². The van der Waals surface area contributed by atoms with E-state index >= 15 is 0 Å². The number of hydrogen-bond acceptors (Lipinski definition) is 5. The van der Waals surface area contributed by atoms with Gasteiger partial charge in [-0.25, -0.2) is 4.79 Å². The molecule has 1 saturated heterocycles. The number of hydrogen-bond donors (Lipinski definition) is 1. The largest absolute Gasteiger partial charge is 0.458 e. The van der Waals surface area contributed by atoms with Crippen molar-refractivity contribution in [3.8, 4) is 0 Å². The SMILES string of the molecule is CC(C)(C)OC(=O)COC1(c2ccncc2Br)CNC2(CCCCC2)C1. The molecule has 6 heteroatoms. The van der Waals surface area contributed by atoms with Crippen molar-refractivity contribution in [1.82, 2.24) is 10.3 Å². The van der Waals surface area contributed by atoms with Gasteiger partial charge in [-0.2, -0.15) is 0 Å². The number of nitrogens with one attached hydrogen (secondary N) is 1. The molecule has 1 aromatic rings. The van der Waals surface area contributed by atoms with Gasteiger partial charge in [0, 0.05) is 40.9 Å². The minimum absolute atomic E-state index is 0.0518. The molecule has 144 valence electrons. The third kappa shape index (κ3) is 4.46. The standard InChI is InChI=1S/C20H29BrN2O3/c1-18(2,3)26-17(24)12-25-20(15-7-10-22-11-16(15)21)13-19(23-14-20)8-5-4-6-9-19/h7,10-11,23H,4-6,8-9,12-14H2,1-3H3. The number of carbonyl (C=O) groups is 1. The Morgan fingerprint density at radius 2 is 2.04 bits per heavy atom. The van der Waals surface area contributed by atoms with E-state index in [0.717, 1.165) is 29.3 Å². The fraction of sp³-hybridized carbons (Fsp3) is 0.700. The van der Waals surface area contributed by atoms with Crippen LogP contribution in [0.1, 0.15) is 64.9 Å². The topological polar surface area (TPSA) is 60.5 Å². The highest BCUT2D eigenvalue weighted by Crippen LogP contribution is 2.47. The van der Waals surface area contributed by atoms with Crippen LogP contribution < -0.4 is 5.32 Å². The maximum atomic E-state index is 12.2. The number of aromatic nitrogens is 1. The van der Waals surface area contributed by atoms with Gasteiger partial charge >= 0.3 is 5.97 Å². The molecular weight excluding hydrogens is 396 g/mol. The average molecular weight is 425 g/mol. The molecule has 1 unspecified atom stereocenters. The second-order valence-electron chi connectivity index (χ2n) is 8.60. The number of nitrogens with zero attached hydrogens (tertiary/aromatic N) is 1. The monoisotopic (exact) mass is 424 g/mol. The van der Waals surface area contributed by atoms with E-state index in [-0.39, 0.29) is 18.1 Å². The maximum absolute atomic E-state index is 12.2. The van der Waals surface area contributed by atoms with Crippen LogP contribution >= 0.6 is 15.9 Å². The molecule has 2 fully saturated rings. The number of pyridine rings is 1. The van der Waals surface area contributed by atoms with E-state index in [9.17, 15) is 4.79 Å². The molecule has 2 aliphatic rings. The highest BCUT2D eigenvalue weighted by atomic mass is 79.9. The molecule has 1 spiro atoms. The normalized spacial score (nSPS) is 25.4. The fourth-order valence-electron chi connectivity index (χ4n) is 4.27. The Labute approximate surface area is 164 Å². The van der Waals surface area contributed by atoms with Crippen LogP contribution in [0.3, 0.4) is 0 Å². The predicted octanol–water partition coefficient (Wildman–Crippen LogP) is 4.09. The first kappa shape index (κ1) is 19.8. The summed E-state index contributed by atoms with van der Waals surface area (Å²) in [5, 5.41) is 3.74. The summed E-state index contributed by atoms with van der Waals surface area (Å²) >= 11 is 3.62. The summed E-state index contributed by atoms with van der Waals surface area (Å²) in [6.45, 7) is 6.25. The highest BCUT2D eigenvalue weighted by Gasteiger charge is 2.51. The molecule has 5 nitrogen and oxygen atoms in total. The number of carbonyl (C=O) groups excluding carboxylic acids is 1. The van der Waals surface area contributed by atoms with Gasteiger partial charge in [-0.3, -0.25) is 4.98 Å². The predicted molar refractivity (Wildman–Crippen MR) is 104 cm³/mol. The fourth-order valence-corrected chi connectivity index (χ4v) is 4.88. The number of halogens is 1. The maximum Gasteiger partial charge on any atom is 0.332 e. The van der Waals surface area contributed by atoms with Gasteiger partial charge in [0.1, 0.15) is 17.8 Å². The molecular formula is C20H29BrN2O3. The molecule has 0 radical (unpaired) electrons. The van der Waals surface area contributed by atoms with Crippen molar-refractivity contribution in [2.24, 2.45) is 0 Å². The van der Waals surface area contributed by atoms with Crippen molar-refractivity contribution in [1.29, 1.82) is 0 Å². The molecule has 26 heavy (non-hydrogen) atoms. The average Bonchev–Trinajstić information content (AvgIpc) is 2.92. The Bertz CT molecular complexity index is 653. The van der Waals surface area contributed by atoms with Crippen LogP contribution in [0.5, 0.6) is 0 Å². The van der Waals surface area contributed by atoms with E-state index in [2.05, 4.69) is 26.2 Å². The number of esters is 1. The van der Waals surface area contributed by atoms with Gasteiger partial charge < -0.3 is 14.8 Å². The molecule has 1 atom stereocenters. The molecule has 1 aliphatic carbocycles. The van der Waals surface area contributed by atoms with Crippen LogP contribution in [0.15, 0.2) is 22.9 Å². The Hall–Kier alpha value is -0.980. The molecule has 0 bridgehead atoms. The zero-order valence-electron chi connectivity index (χ0n) is 15.9. The van der Waals surface area contributed by atoms with Gasteiger partial charge in [-0.05, 0) is 55.6 Å². The second kappa shape index (κ2) is 7.56. The Kier molecular flexibility index (Phi) is 5.75. The van der Waals surface area contributed by atoms with Crippen molar-refractivity contribution < 1.29 is 14.3 Å². The summed E-state index contributed by atoms with van der Waals surface area (Å²) < 4.78 is 12.7. The molecule has 0 aromatic carbocycles. The minimum Gasteiger partial charge on any atom is -0.458 e. The van der Waals surface area contributed by atoms with Crippen molar-refractivity contribution in [2.75, 3.05) is 13.2 Å². The first-order valence-electron chi connectivity index (χ1n) is 9.45. The Balaban J connectivity index is 1.82. The first-order valence-corrected chi connectivity index (χ1v) is 10.2. The van der Waals surface area contributed by atoms with Gasteiger partial charge in [0.2, 0.25) is 0 Å². The van der Waals surface area contributed by atoms with Crippen LogP contribution in [0.2, 0.25) is 0 Å². The van der Waals surface area contributed by atoms with Crippen molar-refractivity contribution >= 4 is 21.9 Å². The summed E-state index contributed by atoms with van der Waals surface area (Å²) in [6.07, 6.45) is 10.5. The van der Waals surface area contributed by atoms with Gasteiger partial charge in [-0.15, -0.1) is 0 Å². The molecule has 1 N–H and O–H groups in total. The molecule has 2 heterocycles. The molecule has 1 aromatic heterocycles. The van der Waals surface area contributed by atoms with E-state index in [0.29, 0.717) is 6.54 Å². The lowest BCUT2D eigenvalue weighted by Crippen LogP contribution is -2.41. The van der Waals surface area contributed by atoms with Crippen LogP contribution in [0.4, 0.5) is 0 Å². The number of rotatable bonds is 4. The van der Waals surface area contributed by atoms with Crippen LogP contribution in [0.25, 0.3) is 0 Å². The van der Waals surface area contributed by atoms with E-state index in [4.69, 9.17) is 9.47 Å². The lowest BCUT2D eigenvalue weighted by Gasteiger charge is -2.36. The van der Waals surface area contributed by atoms with E-state index in [1.165, 1.54) is 19.3 Å². The van der Waals surface area contributed by atoms with Crippen LogP contribution in [-0.4, -0.2) is 35.2 Å². The van der Waals surface area contributed by atoms with Gasteiger partial charge in [-0.1, -0.05) is 19.3 Å². The lowest BCUT2D eigenvalue weighted by atomic mass is 9.76. The zero-order valence-corrected chi connectivity index (χ0v) is 17.5. The summed E-state index contributed by atoms with van der Waals surface area (Å²) in [4.78, 5) is 16.4. The highest BCUT2D eigenvalue weighted by molar-refractivity contribution is 9.10. The summed E-state index contributed by atoms with van der Waals surface area (Å²) in [5.74, 6) is -0.327. The minimum atomic E-state index is -0.546. The smallest absolute Gasteiger partial charge is 0.332 e. The van der Waals surface area contributed by atoms with Crippen molar-refractivity contribution in [3.63, 3.8) is 0 Å². The molecule has 1 aliphatic heterocycles. The van der Waals surface area contributed by atoms with Crippen molar-refractivity contribution in [3.05, 3.63) is 28.5 Å². The Morgan fingerprint density at radius 1 is 1.31 bits per heavy atom. The third-order valence-electron chi connectivity index (χ3n) is 5.33.